The molecule has 52 valence electrons. The fraction of sp³-hybridized carbons (Fsp3) is 0.750. The Hall–Kier alpha value is -0.510. The largest absolute Gasteiger partial charge is 0.251 e. The molecule has 0 fully saturated rings. The normalized spacial score (nSPS) is 8.22. The van der Waals surface area contributed by atoms with Gasteiger partial charge in [-0.3, -0.25) is 4.39 Å². The molecule has 0 aliphatic heterocycles. The highest BCUT2D eigenvalue weighted by Gasteiger charge is 1.81. The Morgan fingerprint density at radius 3 is 2.56 bits per heavy atom. The van der Waals surface area contributed by atoms with Crippen molar-refractivity contribution in [2.45, 2.75) is 32.6 Å². The Morgan fingerprint density at radius 1 is 1.22 bits per heavy atom. The molecule has 0 aromatic rings. The van der Waals surface area contributed by atoms with E-state index < -0.39 is 0 Å². The average Bonchev–Trinajstić information content (AvgIpc) is 1.89. The van der Waals surface area contributed by atoms with Crippen LogP contribution >= 0.6 is 0 Å². The van der Waals surface area contributed by atoms with Crippen LogP contribution in [0.25, 0.3) is 0 Å². The van der Waals surface area contributed by atoms with Gasteiger partial charge < -0.3 is 0 Å². The molecule has 0 N–H and O–H groups in total. The second-order valence-corrected chi connectivity index (χ2v) is 1.85. The number of alkyl halides is 1. The first-order valence-electron chi connectivity index (χ1n) is 3.43. The molecule has 0 unspecified atom stereocenters. The summed E-state index contributed by atoms with van der Waals surface area (Å²) in [5, 5.41) is 0. The minimum absolute atomic E-state index is 0.201. The van der Waals surface area contributed by atoms with Gasteiger partial charge in [0, 0.05) is 12.8 Å². The summed E-state index contributed by atoms with van der Waals surface area (Å²) in [4.78, 5) is 0. The minimum atomic E-state index is -0.201. The monoisotopic (exact) mass is 128 g/mol. The molecular weight excluding hydrogens is 115 g/mol. The molecule has 0 bridgehead atoms. The molecule has 0 saturated carbocycles. The highest BCUT2D eigenvalue weighted by atomic mass is 19.1. The van der Waals surface area contributed by atoms with Gasteiger partial charge in [0.1, 0.15) is 0 Å². The third-order valence-corrected chi connectivity index (χ3v) is 0.987. The fourth-order valence-corrected chi connectivity index (χ4v) is 0.521. The van der Waals surface area contributed by atoms with Crippen LogP contribution in [-0.4, -0.2) is 6.67 Å². The van der Waals surface area contributed by atoms with Crippen LogP contribution in [0.15, 0.2) is 0 Å². The molecule has 0 aromatic carbocycles. The zero-order valence-electron chi connectivity index (χ0n) is 5.91. The quantitative estimate of drug-likeness (QED) is 0.404. The number of rotatable bonds is 3. The maximum absolute atomic E-state index is 11.5. The summed E-state index contributed by atoms with van der Waals surface area (Å²) >= 11 is 0. The van der Waals surface area contributed by atoms with Gasteiger partial charge in [-0.2, -0.15) is 0 Å². The molecule has 0 radical (unpaired) electrons. The van der Waals surface area contributed by atoms with E-state index in [1.807, 2.05) is 6.92 Å². The van der Waals surface area contributed by atoms with E-state index in [0.717, 1.165) is 19.3 Å². The first-order chi connectivity index (χ1) is 4.41. The van der Waals surface area contributed by atoms with E-state index in [-0.39, 0.29) is 6.67 Å². The van der Waals surface area contributed by atoms with Crippen LogP contribution in [0.2, 0.25) is 0 Å². The average molecular weight is 128 g/mol. The van der Waals surface area contributed by atoms with Crippen LogP contribution in [-0.2, 0) is 0 Å². The van der Waals surface area contributed by atoms with Gasteiger partial charge in [-0.25, -0.2) is 0 Å². The number of halogens is 1. The van der Waals surface area contributed by atoms with Crippen LogP contribution in [0.4, 0.5) is 4.39 Å². The van der Waals surface area contributed by atoms with E-state index in [1.165, 1.54) is 0 Å². The maximum Gasteiger partial charge on any atom is 0.0894 e. The van der Waals surface area contributed by atoms with E-state index in [0.29, 0.717) is 6.42 Å². The van der Waals surface area contributed by atoms with Crippen LogP contribution in [0.3, 0.4) is 0 Å². The van der Waals surface area contributed by atoms with Gasteiger partial charge in [-0.1, -0.05) is 6.92 Å². The fourth-order valence-electron chi connectivity index (χ4n) is 0.521. The van der Waals surface area contributed by atoms with Crippen molar-refractivity contribution in [1.29, 1.82) is 0 Å². The summed E-state index contributed by atoms with van der Waals surface area (Å²) in [6.07, 6.45) is 3.34. The molecule has 0 aliphatic carbocycles. The lowest BCUT2D eigenvalue weighted by Gasteiger charge is -1.85. The Balaban J connectivity index is 2.90. The Kier molecular flexibility index (Phi) is 7.07. The molecular formula is C8H13F. The van der Waals surface area contributed by atoms with E-state index in [9.17, 15) is 4.39 Å². The molecule has 9 heavy (non-hydrogen) atoms. The van der Waals surface area contributed by atoms with Gasteiger partial charge in [-0.15, -0.1) is 11.8 Å². The van der Waals surface area contributed by atoms with Crippen LogP contribution in [0.1, 0.15) is 32.6 Å². The van der Waals surface area contributed by atoms with Crippen molar-refractivity contribution in [3.8, 4) is 11.8 Å². The molecule has 0 nitrogen and oxygen atoms in total. The van der Waals surface area contributed by atoms with Crippen molar-refractivity contribution < 1.29 is 4.39 Å². The first-order valence-corrected chi connectivity index (χ1v) is 3.43. The third kappa shape index (κ3) is 7.49. The molecule has 0 spiro atoms. The minimum Gasteiger partial charge on any atom is -0.251 e. The summed E-state index contributed by atoms with van der Waals surface area (Å²) in [6.45, 7) is 1.82. The lowest BCUT2D eigenvalue weighted by Crippen LogP contribution is -1.74. The first kappa shape index (κ1) is 8.49. The van der Waals surface area contributed by atoms with Crippen molar-refractivity contribution in [3.05, 3.63) is 0 Å². The summed E-state index contributed by atoms with van der Waals surface area (Å²) in [6, 6.07) is 0. The van der Waals surface area contributed by atoms with Crippen molar-refractivity contribution >= 4 is 0 Å². The van der Waals surface area contributed by atoms with Gasteiger partial charge >= 0.3 is 0 Å². The molecule has 0 amide bonds. The topological polar surface area (TPSA) is 0 Å². The van der Waals surface area contributed by atoms with E-state index >= 15 is 0 Å². The van der Waals surface area contributed by atoms with Crippen LogP contribution in [0.5, 0.6) is 0 Å². The highest BCUT2D eigenvalue weighted by molar-refractivity contribution is 4.97. The van der Waals surface area contributed by atoms with E-state index in [1.54, 1.807) is 0 Å². The highest BCUT2D eigenvalue weighted by Crippen LogP contribution is 1.93. The molecule has 0 saturated heterocycles. The second kappa shape index (κ2) is 7.49. The summed E-state index contributed by atoms with van der Waals surface area (Å²) in [5.74, 6) is 5.89. The predicted molar refractivity (Wildman–Crippen MR) is 37.9 cm³/mol. The van der Waals surface area contributed by atoms with Gasteiger partial charge in [0.15, 0.2) is 0 Å². The van der Waals surface area contributed by atoms with Crippen molar-refractivity contribution in [3.63, 3.8) is 0 Å². The standard InChI is InChI=1S/C8H13F/c1-2-3-4-5-6-7-8-9/h2,5-8H2,1H3. The Morgan fingerprint density at radius 2 is 2.00 bits per heavy atom. The zero-order valence-corrected chi connectivity index (χ0v) is 5.91. The van der Waals surface area contributed by atoms with Crippen molar-refractivity contribution in [2.24, 2.45) is 0 Å². The molecule has 1 heteroatoms. The third-order valence-electron chi connectivity index (χ3n) is 0.987. The van der Waals surface area contributed by atoms with Gasteiger partial charge in [0.25, 0.3) is 0 Å². The SMILES string of the molecule is CCC#CCCCCF. The van der Waals surface area contributed by atoms with E-state index in [2.05, 4.69) is 11.8 Å². The smallest absolute Gasteiger partial charge is 0.0894 e. The predicted octanol–water partition coefficient (Wildman–Crippen LogP) is 2.54. The lowest BCUT2D eigenvalue weighted by atomic mass is 10.2. The molecule has 0 atom stereocenters. The lowest BCUT2D eigenvalue weighted by molar-refractivity contribution is 0.464. The number of hydrogen-bond donors (Lipinski definition) is 0. The summed E-state index contributed by atoms with van der Waals surface area (Å²) in [7, 11) is 0. The summed E-state index contributed by atoms with van der Waals surface area (Å²) in [5.41, 5.74) is 0. The molecule has 0 rings (SSSR count). The van der Waals surface area contributed by atoms with Crippen LogP contribution < -0.4 is 0 Å². The Labute approximate surface area is 56.5 Å². The molecule has 0 aromatic heterocycles. The zero-order chi connectivity index (χ0) is 6.95. The molecule has 0 heterocycles. The van der Waals surface area contributed by atoms with Crippen molar-refractivity contribution in [2.75, 3.05) is 6.67 Å². The van der Waals surface area contributed by atoms with E-state index in [4.69, 9.17) is 0 Å². The maximum atomic E-state index is 11.5. The van der Waals surface area contributed by atoms with Gasteiger partial charge in [-0.05, 0) is 12.8 Å². The van der Waals surface area contributed by atoms with Crippen molar-refractivity contribution in [1.82, 2.24) is 0 Å². The molecule has 0 aliphatic rings. The second-order valence-electron chi connectivity index (χ2n) is 1.85. The van der Waals surface area contributed by atoms with Gasteiger partial charge in [0.05, 0.1) is 6.67 Å². The van der Waals surface area contributed by atoms with Gasteiger partial charge in [0.2, 0.25) is 0 Å². The summed E-state index contributed by atoms with van der Waals surface area (Å²) < 4.78 is 11.5. The van der Waals surface area contributed by atoms with Crippen LogP contribution in [0, 0.1) is 11.8 Å². The number of hydrogen-bond acceptors (Lipinski definition) is 0. The Bertz CT molecular complexity index is 96.9. The number of unbranched alkanes of at least 4 members (excludes halogenated alkanes) is 2.